The molecule has 2 N–H and O–H groups in total. The van der Waals surface area contributed by atoms with Gasteiger partial charge in [0.05, 0.1) is 13.0 Å². The summed E-state index contributed by atoms with van der Waals surface area (Å²) in [6.45, 7) is -0.335. The number of allylic oxidation sites excluding steroid dienone is 1. The minimum Gasteiger partial charge on any atom is -0.497 e. The molecule has 0 spiro atoms. The summed E-state index contributed by atoms with van der Waals surface area (Å²) in [6.07, 6.45) is 0. The van der Waals surface area contributed by atoms with Crippen LogP contribution in [-0.2, 0) is 4.79 Å². The maximum atomic E-state index is 14.7. The number of carbonyl (C=O) groups is 1. The minimum absolute atomic E-state index is 0.0251. The van der Waals surface area contributed by atoms with Crippen molar-refractivity contribution in [1.82, 2.24) is 0 Å². The van der Waals surface area contributed by atoms with Crippen LogP contribution in [0.4, 0.5) is 4.39 Å². The first-order valence-corrected chi connectivity index (χ1v) is 10.4. The van der Waals surface area contributed by atoms with Gasteiger partial charge in [-0.05, 0) is 42.5 Å². The Labute approximate surface area is 199 Å². The first kappa shape index (κ1) is 23.0. The third-order valence-corrected chi connectivity index (χ3v) is 5.46. The Morgan fingerprint density at radius 3 is 2.53 bits per heavy atom. The molecular weight excluding hydrogens is 463 g/mol. The Morgan fingerprint density at radius 2 is 1.85 bits per heavy atom. The van der Waals surface area contributed by atoms with E-state index in [1.54, 1.807) is 37.4 Å². The molecule has 1 atom stereocenters. The van der Waals surface area contributed by atoms with Crippen molar-refractivity contribution in [1.29, 1.82) is 5.26 Å². The monoisotopic (exact) mass is 480 g/mol. The lowest BCUT2D eigenvalue weighted by Gasteiger charge is -2.27. The van der Waals surface area contributed by atoms with Crippen LogP contribution in [0, 0.1) is 17.1 Å². The second kappa shape index (κ2) is 9.73. The van der Waals surface area contributed by atoms with Crippen LogP contribution in [0.5, 0.6) is 23.0 Å². The topological polar surface area (TPSA) is 104 Å². The van der Waals surface area contributed by atoms with E-state index in [0.29, 0.717) is 17.1 Å². The predicted octanol–water partition coefficient (Wildman–Crippen LogP) is 4.69. The third kappa shape index (κ3) is 4.60. The van der Waals surface area contributed by atoms with Crippen molar-refractivity contribution in [3.63, 3.8) is 0 Å². The number of esters is 1. The van der Waals surface area contributed by atoms with Gasteiger partial charge in [0.25, 0.3) is 0 Å². The number of carbonyl (C=O) groups excluding carboxylic acids is 1. The minimum atomic E-state index is -0.884. The number of rotatable bonds is 6. The summed E-state index contributed by atoms with van der Waals surface area (Å²) in [7, 11) is 1.55. The number of methoxy groups -OCH3 is 1. The highest BCUT2D eigenvalue weighted by Crippen LogP contribution is 2.46. The van der Waals surface area contributed by atoms with Gasteiger partial charge in [0.1, 0.15) is 40.5 Å². The fourth-order valence-corrected chi connectivity index (χ4v) is 3.83. The maximum absolute atomic E-state index is 14.7. The largest absolute Gasteiger partial charge is 0.497 e. The normalized spacial score (nSPS) is 14.5. The van der Waals surface area contributed by atoms with E-state index in [9.17, 15) is 14.4 Å². The van der Waals surface area contributed by atoms with Crippen molar-refractivity contribution in [2.24, 2.45) is 5.73 Å². The van der Waals surface area contributed by atoms with E-state index in [2.05, 4.69) is 0 Å². The second-order valence-corrected chi connectivity index (χ2v) is 7.61. The molecule has 0 radical (unpaired) electrons. The Bertz CT molecular complexity index is 1300. The Hall–Kier alpha value is -4.22. The maximum Gasteiger partial charge on any atom is 0.349 e. The quantitative estimate of drug-likeness (QED) is 0.403. The highest BCUT2D eigenvalue weighted by atomic mass is 35.5. The molecule has 0 amide bonds. The van der Waals surface area contributed by atoms with Crippen molar-refractivity contribution in [3.8, 4) is 29.1 Å². The van der Waals surface area contributed by atoms with E-state index in [1.807, 2.05) is 6.07 Å². The highest BCUT2D eigenvalue weighted by molar-refractivity contribution is 6.31. The molecule has 1 aliphatic heterocycles. The van der Waals surface area contributed by atoms with Gasteiger partial charge < -0.3 is 24.7 Å². The zero-order valence-corrected chi connectivity index (χ0v) is 18.6. The molecule has 0 aromatic heterocycles. The van der Waals surface area contributed by atoms with Crippen LogP contribution in [0.2, 0.25) is 5.02 Å². The van der Waals surface area contributed by atoms with Crippen molar-refractivity contribution in [2.75, 3.05) is 13.7 Å². The summed E-state index contributed by atoms with van der Waals surface area (Å²) >= 11 is 6.26. The summed E-state index contributed by atoms with van der Waals surface area (Å²) in [5, 5.41) is 9.78. The van der Waals surface area contributed by atoms with E-state index in [0.717, 1.165) is 0 Å². The molecule has 0 bridgehead atoms. The summed E-state index contributed by atoms with van der Waals surface area (Å²) < 4.78 is 36.1. The van der Waals surface area contributed by atoms with Gasteiger partial charge in [-0.1, -0.05) is 23.7 Å². The molecule has 1 aliphatic rings. The van der Waals surface area contributed by atoms with Gasteiger partial charge in [0, 0.05) is 22.2 Å². The van der Waals surface area contributed by atoms with Crippen LogP contribution in [0.25, 0.3) is 0 Å². The number of nitriles is 1. The average molecular weight is 481 g/mol. The molecular formula is C25H18ClFN2O5. The summed E-state index contributed by atoms with van der Waals surface area (Å²) in [6, 6.07) is 17.5. The van der Waals surface area contributed by atoms with Crippen molar-refractivity contribution in [2.45, 2.75) is 5.92 Å². The summed E-state index contributed by atoms with van der Waals surface area (Å²) in [5.41, 5.74) is 6.53. The molecule has 1 heterocycles. The number of nitrogens with zero attached hydrogens (tertiary/aromatic N) is 1. The Morgan fingerprint density at radius 1 is 1.15 bits per heavy atom. The van der Waals surface area contributed by atoms with E-state index in [-0.39, 0.29) is 40.1 Å². The molecule has 1 unspecified atom stereocenters. The van der Waals surface area contributed by atoms with Crippen LogP contribution in [-0.4, -0.2) is 19.7 Å². The zero-order chi connectivity index (χ0) is 24.2. The number of hydrogen-bond acceptors (Lipinski definition) is 7. The van der Waals surface area contributed by atoms with E-state index in [1.165, 1.54) is 30.3 Å². The number of ether oxygens (including phenoxy) is 4. The summed E-state index contributed by atoms with van der Waals surface area (Å²) in [4.78, 5) is 12.3. The van der Waals surface area contributed by atoms with Crippen molar-refractivity contribution in [3.05, 3.63) is 94.1 Å². The fourth-order valence-electron chi connectivity index (χ4n) is 3.56. The lowest BCUT2D eigenvalue weighted by atomic mass is 9.83. The number of hydrogen-bond donors (Lipinski definition) is 1. The Balaban J connectivity index is 1.55. The van der Waals surface area contributed by atoms with Crippen molar-refractivity contribution >= 4 is 17.6 Å². The average Bonchev–Trinajstić information content (AvgIpc) is 2.82. The molecule has 7 nitrogen and oxygen atoms in total. The fraction of sp³-hybridized carbons (Fsp3) is 0.120. The van der Waals surface area contributed by atoms with Crippen LogP contribution in [0.3, 0.4) is 0 Å². The number of fused-ring (bicyclic) bond motifs is 1. The van der Waals surface area contributed by atoms with E-state index < -0.39 is 17.7 Å². The van der Waals surface area contributed by atoms with Crippen LogP contribution in [0.1, 0.15) is 17.0 Å². The number of benzene rings is 3. The lowest BCUT2D eigenvalue weighted by Crippen LogP contribution is -2.22. The smallest absolute Gasteiger partial charge is 0.349 e. The molecule has 4 rings (SSSR count). The molecule has 0 fully saturated rings. The second-order valence-electron chi connectivity index (χ2n) is 7.20. The molecule has 34 heavy (non-hydrogen) atoms. The van der Waals surface area contributed by atoms with Gasteiger partial charge >= 0.3 is 5.97 Å². The Kier molecular flexibility index (Phi) is 6.57. The molecule has 9 heteroatoms. The third-order valence-electron chi connectivity index (χ3n) is 5.13. The molecule has 0 aliphatic carbocycles. The van der Waals surface area contributed by atoms with Gasteiger partial charge in [0.2, 0.25) is 5.88 Å². The number of halogens is 2. The SMILES string of the molecule is COc1ccc(OCC(=O)Oc2ccc3c(c2)OC(N)=C(C#N)C3c2c(F)cccc2Cl)cc1. The summed E-state index contributed by atoms with van der Waals surface area (Å²) in [5.74, 6) is -0.810. The van der Waals surface area contributed by atoms with Gasteiger partial charge in [0.15, 0.2) is 6.61 Å². The zero-order valence-electron chi connectivity index (χ0n) is 17.9. The molecule has 3 aromatic carbocycles. The van der Waals surface area contributed by atoms with Gasteiger partial charge in [-0.15, -0.1) is 0 Å². The van der Waals surface area contributed by atoms with Crippen LogP contribution in [0.15, 0.2) is 72.1 Å². The highest BCUT2D eigenvalue weighted by Gasteiger charge is 2.34. The van der Waals surface area contributed by atoms with Crippen molar-refractivity contribution < 1.29 is 28.1 Å². The van der Waals surface area contributed by atoms with E-state index >= 15 is 0 Å². The molecule has 3 aromatic rings. The van der Waals surface area contributed by atoms with E-state index in [4.69, 9.17) is 36.3 Å². The lowest BCUT2D eigenvalue weighted by molar-refractivity contribution is -0.136. The van der Waals surface area contributed by atoms with Crippen LogP contribution < -0.4 is 24.7 Å². The van der Waals surface area contributed by atoms with Crippen LogP contribution >= 0.6 is 11.6 Å². The first-order chi connectivity index (χ1) is 16.4. The van der Waals surface area contributed by atoms with Gasteiger partial charge in [-0.25, -0.2) is 9.18 Å². The first-order valence-electron chi connectivity index (χ1n) is 10.0. The number of nitrogens with two attached hydrogens (primary N) is 1. The predicted molar refractivity (Wildman–Crippen MR) is 121 cm³/mol. The standard InChI is InChI=1S/C25H18ClFN2O5/c1-31-14-5-7-15(8-6-14)32-13-22(30)33-16-9-10-17-21(11-16)34-25(29)18(12-28)23(17)24-19(26)3-2-4-20(24)27/h2-11,23H,13,29H2,1H3. The molecule has 0 saturated carbocycles. The van der Waals surface area contributed by atoms with Gasteiger partial charge in [-0.3, -0.25) is 0 Å². The molecule has 0 saturated heterocycles. The van der Waals surface area contributed by atoms with Gasteiger partial charge in [-0.2, -0.15) is 5.26 Å². The molecule has 172 valence electrons.